The summed E-state index contributed by atoms with van der Waals surface area (Å²) < 4.78 is 5.05. The molecule has 0 aliphatic carbocycles. The van der Waals surface area contributed by atoms with Crippen molar-refractivity contribution in [1.82, 2.24) is 0 Å². The molecule has 0 fully saturated rings. The highest BCUT2D eigenvalue weighted by molar-refractivity contribution is 7.08. The van der Waals surface area contributed by atoms with Crippen molar-refractivity contribution in [3.8, 4) is 0 Å². The van der Waals surface area contributed by atoms with Gasteiger partial charge >= 0.3 is 5.97 Å². The number of hydrogen-bond donors (Lipinski definition) is 1. The molecule has 2 heterocycles. The van der Waals surface area contributed by atoms with Crippen molar-refractivity contribution in [1.29, 1.82) is 0 Å². The van der Waals surface area contributed by atoms with Crippen molar-refractivity contribution < 1.29 is 19.1 Å². The van der Waals surface area contributed by atoms with Crippen LogP contribution in [0, 0.1) is 0 Å². The van der Waals surface area contributed by atoms with Gasteiger partial charge in [-0.1, -0.05) is 12.1 Å². The lowest BCUT2D eigenvalue weighted by Gasteiger charge is -2.41. The smallest absolute Gasteiger partial charge is 0.331 e. The number of nitrogens with zero attached hydrogens (tertiary/aromatic N) is 1. The standard InChI is InChI=1S/C19H18N2O4S/c1-19(2)18(24)20-14-5-3-4-6-15(14)21(19)16(22)11-25-17(23)8-7-13-9-10-26-12-13/h3-10,12H,11H2,1-2H3,(H,20,24)/b8-7+. The summed E-state index contributed by atoms with van der Waals surface area (Å²) >= 11 is 1.52. The molecule has 1 aliphatic heterocycles. The van der Waals surface area contributed by atoms with Crippen LogP contribution in [0.1, 0.15) is 19.4 Å². The quantitative estimate of drug-likeness (QED) is 0.663. The lowest BCUT2D eigenvalue weighted by molar-refractivity contribution is -0.143. The maximum atomic E-state index is 12.7. The number of para-hydroxylation sites is 2. The van der Waals surface area contributed by atoms with Gasteiger partial charge in [-0.2, -0.15) is 11.3 Å². The van der Waals surface area contributed by atoms with Gasteiger partial charge in [-0.25, -0.2) is 4.79 Å². The van der Waals surface area contributed by atoms with Gasteiger partial charge < -0.3 is 10.1 Å². The number of ether oxygens (including phenoxy) is 1. The summed E-state index contributed by atoms with van der Waals surface area (Å²) in [5.74, 6) is -1.38. The predicted molar refractivity (Wildman–Crippen MR) is 101 cm³/mol. The number of fused-ring (bicyclic) bond motifs is 1. The minimum Gasteiger partial charge on any atom is -0.452 e. The van der Waals surface area contributed by atoms with Crippen molar-refractivity contribution in [2.24, 2.45) is 0 Å². The van der Waals surface area contributed by atoms with E-state index < -0.39 is 24.0 Å². The van der Waals surface area contributed by atoms with Crippen molar-refractivity contribution in [3.05, 3.63) is 52.7 Å². The summed E-state index contributed by atoms with van der Waals surface area (Å²) in [7, 11) is 0. The van der Waals surface area contributed by atoms with E-state index in [1.54, 1.807) is 44.2 Å². The third-order valence-electron chi connectivity index (χ3n) is 4.05. The van der Waals surface area contributed by atoms with Gasteiger partial charge in [-0.05, 0) is 54.4 Å². The zero-order valence-corrected chi connectivity index (χ0v) is 15.2. The zero-order chi connectivity index (χ0) is 18.7. The molecular weight excluding hydrogens is 352 g/mol. The monoisotopic (exact) mass is 370 g/mol. The van der Waals surface area contributed by atoms with Crippen molar-refractivity contribution >= 4 is 46.6 Å². The van der Waals surface area contributed by atoms with E-state index in [4.69, 9.17) is 4.74 Å². The number of esters is 1. The van der Waals surface area contributed by atoms with E-state index in [0.717, 1.165) is 5.56 Å². The fourth-order valence-corrected chi connectivity index (χ4v) is 3.31. The van der Waals surface area contributed by atoms with Gasteiger partial charge in [0.05, 0.1) is 11.4 Å². The largest absolute Gasteiger partial charge is 0.452 e. The summed E-state index contributed by atoms with van der Waals surface area (Å²) in [5, 5.41) is 6.57. The first-order valence-corrected chi connectivity index (χ1v) is 8.94. The summed E-state index contributed by atoms with van der Waals surface area (Å²) in [4.78, 5) is 38.3. The molecule has 1 aliphatic rings. The second-order valence-electron chi connectivity index (χ2n) is 6.26. The summed E-state index contributed by atoms with van der Waals surface area (Å²) in [5.41, 5.74) is 0.923. The Hall–Kier alpha value is -2.93. The number of hydrogen-bond acceptors (Lipinski definition) is 5. The predicted octanol–water partition coefficient (Wildman–Crippen LogP) is 3.07. The summed E-state index contributed by atoms with van der Waals surface area (Å²) in [6.45, 7) is 2.85. The Balaban J connectivity index is 1.72. The number of nitrogens with one attached hydrogen (secondary N) is 1. The molecule has 2 amide bonds. The van der Waals surface area contributed by atoms with E-state index >= 15 is 0 Å². The van der Waals surface area contributed by atoms with Gasteiger partial charge in [0, 0.05) is 6.08 Å². The number of rotatable bonds is 4. The second-order valence-corrected chi connectivity index (χ2v) is 7.04. The zero-order valence-electron chi connectivity index (χ0n) is 14.4. The van der Waals surface area contributed by atoms with E-state index in [1.165, 1.54) is 22.3 Å². The molecule has 0 saturated carbocycles. The van der Waals surface area contributed by atoms with E-state index in [1.807, 2.05) is 16.8 Å². The van der Waals surface area contributed by atoms with Gasteiger partial charge in [0.1, 0.15) is 5.54 Å². The molecule has 0 saturated heterocycles. The molecular formula is C19H18N2O4S. The minimum atomic E-state index is -1.09. The maximum absolute atomic E-state index is 12.7. The average molecular weight is 370 g/mol. The van der Waals surface area contributed by atoms with Gasteiger partial charge in [-0.3, -0.25) is 14.5 Å². The number of carbonyl (C=O) groups is 3. The Bertz CT molecular complexity index is 871. The van der Waals surface area contributed by atoms with Crippen molar-refractivity contribution in [2.75, 3.05) is 16.8 Å². The van der Waals surface area contributed by atoms with Crippen LogP contribution in [0.25, 0.3) is 6.08 Å². The first-order chi connectivity index (χ1) is 12.4. The first kappa shape index (κ1) is 17.9. The van der Waals surface area contributed by atoms with Crippen LogP contribution >= 0.6 is 11.3 Å². The normalized spacial score (nSPS) is 15.5. The molecule has 1 N–H and O–H groups in total. The van der Waals surface area contributed by atoms with Crippen LogP contribution < -0.4 is 10.2 Å². The Morgan fingerprint density at radius 3 is 2.77 bits per heavy atom. The van der Waals surface area contributed by atoms with Gasteiger partial charge in [0.25, 0.3) is 5.91 Å². The van der Waals surface area contributed by atoms with E-state index in [2.05, 4.69) is 5.32 Å². The van der Waals surface area contributed by atoms with Crippen LogP contribution in [-0.2, 0) is 19.1 Å². The Morgan fingerprint density at radius 2 is 2.04 bits per heavy atom. The van der Waals surface area contributed by atoms with E-state index in [9.17, 15) is 14.4 Å². The maximum Gasteiger partial charge on any atom is 0.331 e. The number of anilines is 2. The van der Waals surface area contributed by atoms with Gasteiger partial charge in [0.2, 0.25) is 5.91 Å². The fraction of sp³-hybridized carbons (Fsp3) is 0.211. The average Bonchev–Trinajstić information content (AvgIpc) is 3.12. The number of amides is 2. The molecule has 1 aromatic heterocycles. The van der Waals surface area contributed by atoms with Crippen LogP contribution in [0.2, 0.25) is 0 Å². The molecule has 134 valence electrons. The molecule has 1 aromatic carbocycles. The van der Waals surface area contributed by atoms with E-state index in [0.29, 0.717) is 11.4 Å². The lowest BCUT2D eigenvalue weighted by Crippen LogP contribution is -2.59. The molecule has 26 heavy (non-hydrogen) atoms. The third-order valence-corrected chi connectivity index (χ3v) is 4.75. The fourth-order valence-electron chi connectivity index (χ4n) is 2.68. The highest BCUT2D eigenvalue weighted by Gasteiger charge is 2.43. The molecule has 2 aromatic rings. The SMILES string of the molecule is CC1(C)C(=O)Nc2ccccc2N1C(=O)COC(=O)/C=C/c1ccsc1. The topological polar surface area (TPSA) is 75.7 Å². The Morgan fingerprint density at radius 1 is 1.27 bits per heavy atom. The van der Waals surface area contributed by atoms with Crippen LogP contribution in [0.15, 0.2) is 47.2 Å². The molecule has 0 spiro atoms. The van der Waals surface area contributed by atoms with Crippen LogP contribution in [0.5, 0.6) is 0 Å². The molecule has 3 rings (SSSR count). The van der Waals surface area contributed by atoms with Crippen molar-refractivity contribution in [3.63, 3.8) is 0 Å². The van der Waals surface area contributed by atoms with Gasteiger partial charge in [0.15, 0.2) is 6.61 Å². The van der Waals surface area contributed by atoms with Gasteiger partial charge in [-0.15, -0.1) is 0 Å². The van der Waals surface area contributed by atoms with Crippen molar-refractivity contribution in [2.45, 2.75) is 19.4 Å². The van der Waals surface area contributed by atoms with Crippen LogP contribution in [-0.4, -0.2) is 29.9 Å². The molecule has 7 heteroatoms. The molecule has 0 bridgehead atoms. The third kappa shape index (κ3) is 3.52. The lowest BCUT2D eigenvalue weighted by atomic mass is 9.96. The number of thiophene rings is 1. The summed E-state index contributed by atoms with van der Waals surface area (Å²) in [6, 6.07) is 8.88. The number of carbonyl (C=O) groups excluding carboxylic acids is 3. The Kier molecular flexibility index (Phi) is 4.90. The molecule has 0 unspecified atom stereocenters. The van der Waals surface area contributed by atoms with Crippen LogP contribution in [0.3, 0.4) is 0 Å². The highest BCUT2D eigenvalue weighted by Crippen LogP contribution is 2.36. The molecule has 0 atom stereocenters. The highest BCUT2D eigenvalue weighted by atomic mass is 32.1. The van der Waals surface area contributed by atoms with E-state index in [-0.39, 0.29) is 5.91 Å². The second kappa shape index (κ2) is 7.13. The molecule has 0 radical (unpaired) electrons. The van der Waals surface area contributed by atoms with Crippen LogP contribution in [0.4, 0.5) is 11.4 Å². The minimum absolute atomic E-state index is 0.298. The summed E-state index contributed by atoms with van der Waals surface area (Å²) in [6.07, 6.45) is 2.90. The molecule has 6 nitrogen and oxygen atoms in total. The number of benzene rings is 1. The first-order valence-electron chi connectivity index (χ1n) is 8.00. The Labute approximate surface area is 155 Å².